The first kappa shape index (κ1) is 18.1. The minimum atomic E-state index is -0.379. The number of carbonyl (C=O) groups excluding carboxylic acids is 1. The molecule has 0 amide bonds. The normalized spacial score (nSPS) is 11.3. The van der Waals surface area contributed by atoms with Gasteiger partial charge in [0, 0.05) is 22.6 Å². The van der Waals surface area contributed by atoms with Gasteiger partial charge in [-0.15, -0.1) is 0 Å². The summed E-state index contributed by atoms with van der Waals surface area (Å²) >= 11 is 0. The molecule has 0 fully saturated rings. The molecule has 0 atom stereocenters. The van der Waals surface area contributed by atoms with Crippen molar-refractivity contribution < 1.29 is 18.0 Å². The maximum absolute atomic E-state index is 13.2. The van der Waals surface area contributed by atoms with Gasteiger partial charge in [-0.1, -0.05) is 42.5 Å². The summed E-state index contributed by atoms with van der Waals surface area (Å²) in [6.45, 7) is 1.79. The Kier molecular flexibility index (Phi) is 4.10. The lowest BCUT2D eigenvalue weighted by atomic mass is 10.0. The standard InChI is InChI=1S/C25H15FO4/c1-14-18-11-19-21(29-13-20(24(19)28)15-7-9-17(26)10-8-15)12-22(18)30-25(14)23(27)16-5-3-2-4-6-16/h2-13H,1H3. The predicted molar refractivity (Wildman–Crippen MR) is 112 cm³/mol. The Morgan fingerprint density at radius 3 is 2.37 bits per heavy atom. The fourth-order valence-corrected chi connectivity index (χ4v) is 3.61. The number of hydrogen-bond acceptors (Lipinski definition) is 4. The van der Waals surface area contributed by atoms with Crippen LogP contribution in [0.1, 0.15) is 21.7 Å². The van der Waals surface area contributed by atoms with Crippen LogP contribution in [0.4, 0.5) is 4.39 Å². The summed E-state index contributed by atoms with van der Waals surface area (Å²) in [7, 11) is 0. The average Bonchev–Trinajstić information content (AvgIpc) is 3.09. The van der Waals surface area contributed by atoms with E-state index in [1.54, 1.807) is 43.3 Å². The molecule has 0 bridgehead atoms. The molecular weight excluding hydrogens is 383 g/mol. The summed E-state index contributed by atoms with van der Waals surface area (Å²) in [5.74, 6) is -0.368. The van der Waals surface area contributed by atoms with Crippen LogP contribution in [0.5, 0.6) is 0 Å². The van der Waals surface area contributed by atoms with Crippen LogP contribution in [0.3, 0.4) is 0 Å². The lowest BCUT2D eigenvalue weighted by Gasteiger charge is -2.03. The second kappa shape index (κ2) is 6.81. The SMILES string of the molecule is Cc1c(C(=O)c2ccccc2)oc2cc3occ(-c4ccc(F)cc4)c(=O)c3cc12. The molecule has 0 saturated heterocycles. The van der Waals surface area contributed by atoms with Crippen molar-refractivity contribution in [1.29, 1.82) is 0 Å². The lowest BCUT2D eigenvalue weighted by Crippen LogP contribution is -2.04. The fourth-order valence-electron chi connectivity index (χ4n) is 3.61. The van der Waals surface area contributed by atoms with Gasteiger partial charge in [0.2, 0.25) is 11.2 Å². The van der Waals surface area contributed by atoms with Gasteiger partial charge < -0.3 is 8.83 Å². The smallest absolute Gasteiger partial charge is 0.228 e. The Bertz CT molecular complexity index is 1480. The van der Waals surface area contributed by atoms with Gasteiger partial charge >= 0.3 is 0 Å². The van der Waals surface area contributed by atoms with E-state index in [9.17, 15) is 14.0 Å². The van der Waals surface area contributed by atoms with Gasteiger partial charge in [0.1, 0.15) is 23.2 Å². The molecule has 5 heteroatoms. The molecule has 0 N–H and O–H groups in total. The maximum Gasteiger partial charge on any atom is 0.228 e. The zero-order valence-electron chi connectivity index (χ0n) is 15.9. The molecule has 0 aliphatic rings. The highest BCUT2D eigenvalue weighted by atomic mass is 19.1. The number of rotatable bonds is 3. The van der Waals surface area contributed by atoms with Crippen molar-refractivity contribution >= 4 is 27.7 Å². The molecule has 2 aromatic heterocycles. The number of carbonyl (C=O) groups is 1. The van der Waals surface area contributed by atoms with Crippen molar-refractivity contribution in [2.75, 3.05) is 0 Å². The van der Waals surface area contributed by atoms with Gasteiger partial charge in [0.25, 0.3) is 0 Å². The summed E-state index contributed by atoms with van der Waals surface area (Å²) in [6, 6.07) is 17.8. The third kappa shape index (κ3) is 2.83. The van der Waals surface area contributed by atoms with Crippen molar-refractivity contribution in [1.82, 2.24) is 0 Å². The highest BCUT2D eigenvalue weighted by Crippen LogP contribution is 2.31. The van der Waals surface area contributed by atoms with Crippen LogP contribution < -0.4 is 5.43 Å². The van der Waals surface area contributed by atoms with Gasteiger partial charge in [-0.2, -0.15) is 0 Å². The fraction of sp³-hybridized carbons (Fsp3) is 0.0400. The van der Waals surface area contributed by atoms with Gasteiger partial charge in [-0.25, -0.2) is 4.39 Å². The minimum absolute atomic E-state index is 0.223. The average molecular weight is 398 g/mol. The van der Waals surface area contributed by atoms with E-state index in [-0.39, 0.29) is 22.8 Å². The first-order valence-corrected chi connectivity index (χ1v) is 9.37. The molecule has 146 valence electrons. The Morgan fingerprint density at radius 2 is 1.63 bits per heavy atom. The first-order valence-electron chi connectivity index (χ1n) is 9.37. The number of hydrogen-bond donors (Lipinski definition) is 0. The molecule has 2 heterocycles. The van der Waals surface area contributed by atoms with E-state index in [1.807, 2.05) is 6.07 Å². The number of aryl methyl sites for hydroxylation is 1. The largest absolute Gasteiger partial charge is 0.463 e. The summed E-state index contributed by atoms with van der Waals surface area (Å²) in [5.41, 5.74) is 2.67. The van der Waals surface area contributed by atoms with Gasteiger partial charge in [0.15, 0.2) is 5.76 Å². The molecule has 4 nitrogen and oxygen atoms in total. The van der Waals surface area contributed by atoms with E-state index in [1.165, 1.54) is 30.5 Å². The van der Waals surface area contributed by atoms with Gasteiger partial charge in [0.05, 0.1) is 10.9 Å². The van der Waals surface area contributed by atoms with Crippen LogP contribution in [0.2, 0.25) is 0 Å². The third-order valence-electron chi connectivity index (χ3n) is 5.23. The van der Waals surface area contributed by atoms with E-state index >= 15 is 0 Å². The second-order valence-electron chi connectivity index (χ2n) is 7.08. The van der Waals surface area contributed by atoms with Crippen LogP contribution in [-0.2, 0) is 0 Å². The molecule has 0 saturated carbocycles. The number of fused-ring (bicyclic) bond motifs is 2. The van der Waals surface area contributed by atoms with E-state index in [2.05, 4.69) is 0 Å². The molecule has 0 aliphatic heterocycles. The third-order valence-corrected chi connectivity index (χ3v) is 5.23. The molecular formula is C25H15FO4. The number of halogens is 1. The second-order valence-corrected chi connectivity index (χ2v) is 7.08. The molecule has 0 spiro atoms. The Morgan fingerprint density at radius 1 is 0.900 bits per heavy atom. The van der Waals surface area contributed by atoms with Crippen LogP contribution in [0, 0.1) is 12.7 Å². The topological polar surface area (TPSA) is 60.4 Å². The van der Waals surface area contributed by atoms with Gasteiger partial charge in [-0.05, 0) is 30.7 Å². The highest BCUT2D eigenvalue weighted by molar-refractivity contribution is 6.11. The van der Waals surface area contributed by atoms with E-state index in [0.29, 0.717) is 44.2 Å². The Balaban J connectivity index is 1.69. The quantitative estimate of drug-likeness (QED) is 0.356. The van der Waals surface area contributed by atoms with E-state index < -0.39 is 0 Å². The molecule has 5 aromatic rings. The molecule has 5 rings (SSSR count). The van der Waals surface area contributed by atoms with Crippen molar-refractivity contribution in [2.24, 2.45) is 0 Å². The molecule has 0 unspecified atom stereocenters. The van der Waals surface area contributed by atoms with Crippen molar-refractivity contribution in [3.63, 3.8) is 0 Å². The van der Waals surface area contributed by atoms with Crippen LogP contribution >= 0.6 is 0 Å². The van der Waals surface area contributed by atoms with Crippen LogP contribution in [0.25, 0.3) is 33.1 Å². The van der Waals surface area contributed by atoms with Crippen LogP contribution in [0.15, 0.2) is 86.6 Å². The maximum atomic E-state index is 13.2. The number of benzene rings is 3. The monoisotopic (exact) mass is 398 g/mol. The minimum Gasteiger partial charge on any atom is -0.463 e. The van der Waals surface area contributed by atoms with Crippen molar-refractivity contribution in [2.45, 2.75) is 6.92 Å². The summed E-state index contributed by atoms with van der Waals surface area (Å²) in [5, 5.41) is 1.04. The lowest BCUT2D eigenvalue weighted by molar-refractivity contribution is 0.101. The predicted octanol–water partition coefficient (Wildman–Crippen LogP) is 5.88. The van der Waals surface area contributed by atoms with E-state index in [4.69, 9.17) is 8.83 Å². The number of ketones is 1. The Labute approximate surface area is 170 Å². The Hall–Kier alpha value is -3.99. The summed E-state index contributed by atoms with van der Waals surface area (Å²) in [6.07, 6.45) is 1.36. The molecule has 3 aromatic carbocycles. The molecule has 0 aliphatic carbocycles. The van der Waals surface area contributed by atoms with Crippen LogP contribution in [-0.4, -0.2) is 5.78 Å². The van der Waals surface area contributed by atoms with Crippen molar-refractivity contribution in [3.8, 4) is 11.1 Å². The van der Waals surface area contributed by atoms with Gasteiger partial charge in [-0.3, -0.25) is 9.59 Å². The van der Waals surface area contributed by atoms with E-state index in [0.717, 1.165) is 0 Å². The number of furan rings is 1. The highest BCUT2D eigenvalue weighted by Gasteiger charge is 2.21. The zero-order chi connectivity index (χ0) is 20.8. The zero-order valence-corrected chi connectivity index (χ0v) is 15.9. The first-order chi connectivity index (χ1) is 14.5. The van der Waals surface area contributed by atoms with Crippen molar-refractivity contribution in [3.05, 3.63) is 106 Å². The molecule has 30 heavy (non-hydrogen) atoms. The summed E-state index contributed by atoms with van der Waals surface area (Å²) < 4.78 is 24.7. The summed E-state index contributed by atoms with van der Waals surface area (Å²) in [4.78, 5) is 25.9. The molecule has 0 radical (unpaired) electrons.